The lowest BCUT2D eigenvalue weighted by Crippen LogP contribution is -2.48. The molecule has 0 bridgehead atoms. The predicted octanol–water partition coefficient (Wildman–Crippen LogP) is 1.32. The summed E-state index contributed by atoms with van der Waals surface area (Å²) in [6.45, 7) is 6.58. The maximum atomic E-state index is 12.4. The Labute approximate surface area is 137 Å². The van der Waals surface area contributed by atoms with Crippen LogP contribution in [-0.2, 0) is 13.1 Å². The highest BCUT2D eigenvalue weighted by molar-refractivity contribution is 7.11. The minimum atomic E-state index is 0.0178. The highest BCUT2D eigenvalue weighted by atomic mass is 32.1. The van der Waals surface area contributed by atoms with E-state index in [2.05, 4.69) is 14.9 Å². The van der Waals surface area contributed by atoms with Gasteiger partial charge in [-0.1, -0.05) is 0 Å². The molecule has 8 heteroatoms. The number of carbonyl (C=O) groups excluding carboxylic acids is 1. The number of nitrogens with two attached hydrogens (primary N) is 1. The molecule has 0 spiro atoms. The number of amides is 1. The summed E-state index contributed by atoms with van der Waals surface area (Å²) < 4.78 is 0. The lowest BCUT2D eigenvalue weighted by atomic mass is 10.3. The first-order chi connectivity index (χ1) is 10.7. The molecule has 22 heavy (non-hydrogen) atoms. The highest BCUT2D eigenvalue weighted by Crippen LogP contribution is 2.17. The Bertz CT molecular complexity index is 645. The van der Waals surface area contributed by atoms with E-state index in [4.69, 9.17) is 5.73 Å². The van der Waals surface area contributed by atoms with Crippen molar-refractivity contribution in [2.75, 3.05) is 26.2 Å². The van der Waals surface area contributed by atoms with Crippen molar-refractivity contribution >= 4 is 28.6 Å². The van der Waals surface area contributed by atoms with Gasteiger partial charge < -0.3 is 10.6 Å². The van der Waals surface area contributed by atoms with Gasteiger partial charge in [-0.05, 0) is 6.92 Å². The number of hydrogen-bond acceptors (Lipinski definition) is 7. The maximum absolute atomic E-state index is 12.4. The zero-order valence-corrected chi connectivity index (χ0v) is 14.1. The third-order valence-electron chi connectivity index (χ3n) is 3.65. The van der Waals surface area contributed by atoms with Gasteiger partial charge in [-0.15, -0.1) is 22.7 Å². The Morgan fingerprint density at radius 1 is 1.36 bits per heavy atom. The second-order valence-electron chi connectivity index (χ2n) is 5.24. The van der Waals surface area contributed by atoms with E-state index in [1.165, 1.54) is 16.2 Å². The summed E-state index contributed by atoms with van der Waals surface area (Å²) in [6.07, 6.45) is 1.95. The molecule has 0 atom stereocenters. The van der Waals surface area contributed by atoms with Crippen molar-refractivity contribution in [2.24, 2.45) is 5.73 Å². The molecule has 2 aromatic heterocycles. The molecule has 0 aliphatic carbocycles. The summed E-state index contributed by atoms with van der Waals surface area (Å²) in [4.78, 5) is 26.5. The van der Waals surface area contributed by atoms with E-state index in [1.54, 1.807) is 16.7 Å². The van der Waals surface area contributed by atoms with Crippen LogP contribution in [-0.4, -0.2) is 51.9 Å². The molecule has 6 nitrogen and oxygen atoms in total. The summed E-state index contributed by atoms with van der Waals surface area (Å²) >= 11 is 3.18. The van der Waals surface area contributed by atoms with E-state index in [-0.39, 0.29) is 5.91 Å². The smallest absolute Gasteiger partial charge is 0.273 e. The van der Waals surface area contributed by atoms with Gasteiger partial charge in [0.25, 0.3) is 5.91 Å². The molecular weight excluding hydrogens is 318 g/mol. The molecule has 1 amide bonds. The highest BCUT2D eigenvalue weighted by Gasteiger charge is 2.24. The van der Waals surface area contributed by atoms with Gasteiger partial charge in [0, 0.05) is 55.7 Å². The van der Waals surface area contributed by atoms with Crippen molar-refractivity contribution in [1.29, 1.82) is 0 Å². The number of aromatic nitrogens is 2. The van der Waals surface area contributed by atoms with Crippen molar-refractivity contribution in [3.05, 3.63) is 32.2 Å². The Hall–Kier alpha value is -1.35. The molecule has 0 unspecified atom stereocenters. The van der Waals surface area contributed by atoms with Crippen LogP contribution >= 0.6 is 22.7 Å². The fourth-order valence-corrected chi connectivity index (χ4v) is 3.96. The topological polar surface area (TPSA) is 75.4 Å². The number of thiazole rings is 2. The van der Waals surface area contributed by atoms with Crippen LogP contribution in [0.15, 0.2) is 11.6 Å². The average molecular weight is 337 g/mol. The molecule has 1 fully saturated rings. The molecule has 1 aliphatic heterocycles. The van der Waals surface area contributed by atoms with Gasteiger partial charge in [-0.3, -0.25) is 9.69 Å². The van der Waals surface area contributed by atoms with Gasteiger partial charge in [0.1, 0.15) is 10.7 Å². The summed E-state index contributed by atoms with van der Waals surface area (Å²) in [5, 5.41) is 3.71. The van der Waals surface area contributed by atoms with E-state index in [9.17, 15) is 4.79 Å². The number of nitrogens with zero attached hydrogens (tertiary/aromatic N) is 4. The fraction of sp³-hybridized carbons (Fsp3) is 0.500. The van der Waals surface area contributed by atoms with Crippen LogP contribution in [0.1, 0.15) is 25.4 Å². The molecule has 0 aromatic carbocycles. The van der Waals surface area contributed by atoms with Crippen LogP contribution in [0, 0.1) is 6.92 Å². The quantitative estimate of drug-likeness (QED) is 0.911. The largest absolute Gasteiger partial charge is 0.335 e. The van der Waals surface area contributed by atoms with Crippen molar-refractivity contribution in [3.63, 3.8) is 0 Å². The molecule has 2 aromatic rings. The molecule has 0 saturated carbocycles. The van der Waals surface area contributed by atoms with Gasteiger partial charge in [0.05, 0.1) is 5.01 Å². The maximum Gasteiger partial charge on any atom is 0.273 e. The minimum absolute atomic E-state index is 0.0178. The summed E-state index contributed by atoms with van der Waals surface area (Å²) in [5.74, 6) is 0.0178. The van der Waals surface area contributed by atoms with Crippen molar-refractivity contribution in [2.45, 2.75) is 20.0 Å². The number of piperazine rings is 1. The molecular formula is C14H19N5OS2. The molecule has 2 N–H and O–H groups in total. The van der Waals surface area contributed by atoms with Crippen molar-refractivity contribution in [3.8, 4) is 0 Å². The normalized spacial score (nSPS) is 16.2. The van der Waals surface area contributed by atoms with Crippen LogP contribution in [0.4, 0.5) is 0 Å². The van der Waals surface area contributed by atoms with Gasteiger partial charge >= 0.3 is 0 Å². The third-order valence-corrected chi connectivity index (χ3v) is 5.42. The number of carbonyl (C=O) groups is 1. The zero-order valence-electron chi connectivity index (χ0n) is 12.5. The summed E-state index contributed by atoms with van der Waals surface area (Å²) in [6, 6.07) is 0. The predicted molar refractivity (Wildman–Crippen MR) is 88.0 cm³/mol. The number of hydrogen-bond donors (Lipinski definition) is 1. The second-order valence-corrected chi connectivity index (χ2v) is 7.51. The zero-order chi connectivity index (χ0) is 15.5. The van der Waals surface area contributed by atoms with E-state index in [0.29, 0.717) is 12.2 Å². The van der Waals surface area contributed by atoms with Crippen molar-refractivity contribution in [1.82, 2.24) is 19.8 Å². The van der Waals surface area contributed by atoms with Crippen LogP contribution < -0.4 is 5.73 Å². The molecule has 1 saturated heterocycles. The first-order valence-electron chi connectivity index (χ1n) is 7.23. The first kappa shape index (κ1) is 15.5. The SMILES string of the molecule is Cc1ncc(CN2CCN(C(=O)c3csc(CN)n3)CC2)s1. The Kier molecular flexibility index (Phi) is 4.82. The lowest BCUT2D eigenvalue weighted by molar-refractivity contribution is 0.0624. The summed E-state index contributed by atoms with van der Waals surface area (Å²) in [5.41, 5.74) is 6.07. The Morgan fingerprint density at radius 2 is 2.14 bits per heavy atom. The van der Waals surface area contributed by atoms with Gasteiger partial charge in [0.2, 0.25) is 0 Å². The Balaban J connectivity index is 1.53. The Morgan fingerprint density at radius 3 is 2.73 bits per heavy atom. The van der Waals surface area contributed by atoms with E-state index < -0.39 is 0 Å². The van der Waals surface area contributed by atoms with Crippen LogP contribution in [0.25, 0.3) is 0 Å². The van der Waals surface area contributed by atoms with Crippen molar-refractivity contribution < 1.29 is 4.79 Å². The van der Waals surface area contributed by atoms with Gasteiger partial charge in [-0.25, -0.2) is 9.97 Å². The lowest BCUT2D eigenvalue weighted by Gasteiger charge is -2.34. The van der Waals surface area contributed by atoms with E-state index in [0.717, 1.165) is 42.7 Å². The van der Waals surface area contributed by atoms with Crippen LogP contribution in [0.2, 0.25) is 0 Å². The molecule has 118 valence electrons. The summed E-state index contributed by atoms with van der Waals surface area (Å²) in [7, 11) is 0. The second kappa shape index (κ2) is 6.82. The number of rotatable bonds is 4. The van der Waals surface area contributed by atoms with Crippen LogP contribution in [0.3, 0.4) is 0 Å². The minimum Gasteiger partial charge on any atom is -0.335 e. The molecule has 3 rings (SSSR count). The van der Waals surface area contributed by atoms with Gasteiger partial charge in [0.15, 0.2) is 0 Å². The van der Waals surface area contributed by atoms with E-state index >= 15 is 0 Å². The molecule has 0 radical (unpaired) electrons. The van der Waals surface area contributed by atoms with Gasteiger partial charge in [-0.2, -0.15) is 0 Å². The van der Waals surface area contributed by atoms with E-state index in [1.807, 2.05) is 18.0 Å². The molecule has 3 heterocycles. The standard InChI is InChI=1S/C14H19N5OS2/c1-10-16-7-11(22-10)8-18-2-4-19(5-3-18)14(20)12-9-21-13(6-15)17-12/h7,9H,2-6,8,15H2,1H3. The fourth-order valence-electron chi connectivity index (χ4n) is 2.47. The average Bonchev–Trinajstić information content (AvgIpc) is 3.16. The van der Waals surface area contributed by atoms with Crippen LogP contribution in [0.5, 0.6) is 0 Å². The molecule has 1 aliphatic rings. The number of aryl methyl sites for hydroxylation is 1. The monoisotopic (exact) mass is 337 g/mol. The third kappa shape index (κ3) is 3.52. The first-order valence-corrected chi connectivity index (χ1v) is 8.92.